The second kappa shape index (κ2) is 9.36. The van der Waals surface area contributed by atoms with E-state index in [1.54, 1.807) is 30.3 Å². The van der Waals surface area contributed by atoms with Gasteiger partial charge >= 0.3 is 5.97 Å². The third kappa shape index (κ3) is 5.00. The average molecular weight is 444 g/mol. The Morgan fingerprint density at radius 1 is 0.909 bits per heavy atom. The number of carboxylic acids is 1. The summed E-state index contributed by atoms with van der Waals surface area (Å²) in [6.07, 6.45) is 0. The average Bonchev–Trinajstić information content (AvgIpc) is 2.79. The zero-order valence-electron chi connectivity index (χ0n) is 19.2. The van der Waals surface area contributed by atoms with Gasteiger partial charge in [-0.25, -0.2) is 4.79 Å². The predicted molar refractivity (Wildman–Crippen MR) is 133 cm³/mol. The zero-order chi connectivity index (χ0) is 23.5. The number of benzene rings is 3. The topological polar surface area (TPSA) is 72.9 Å². The van der Waals surface area contributed by atoms with Crippen LogP contribution in [-0.4, -0.2) is 42.7 Å². The fourth-order valence-corrected chi connectivity index (χ4v) is 4.31. The molecule has 3 aromatic rings. The van der Waals surface area contributed by atoms with Crippen LogP contribution in [0.2, 0.25) is 0 Å². The molecule has 0 spiro atoms. The number of aromatic carboxylic acids is 1. The van der Waals surface area contributed by atoms with Crippen LogP contribution in [0.25, 0.3) is 0 Å². The molecule has 0 aromatic heterocycles. The van der Waals surface area contributed by atoms with Gasteiger partial charge in [0.25, 0.3) is 5.91 Å². The lowest BCUT2D eigenvalue weighted by atomic mass is 10.1. The molecule has 6 nitrogen and oxygen atoms in total. The van der Waals surface area contributed by atoms with E-state index in [0.717, 1.165) is 30.9 Å². The summed E-state index contributed by atoms with van der Waals surface area (Å²) in [5, 5.41) is 12.4. The molecular weight excluding hydrogens is 414 g/mol. The molecular formula is C27H29N3O3. The fourth-order valence-electron chi connectivity index (χ4n) is 4.31. The van der Waals surface area contributed by atoms with E-state index in [-0.39, 0.29) is 17.5 Å². The van der Waals surface area contributed by atoms with E-state index in [0.29, 0.717) is 11.3 Å². The minimum Gasteiger partial charge on any atom is -0.478 e. The van der Waals surface area contributed by atoms with Gasteiger partial charge < -0.3 is 20.2 Å². The molecule has 0 aliphatic carbocycles. The number of amides is 1. The van der Waals surface area contributed by atoms with Gasteiger partial charge in [0.05, 0.1) is 16.9 Å². The van der Waals surface area contributed by atoms with Crippen LogP contribution in [0.4, 0.5) is 17.1 Å². The maximum atomic E-state index is 12.9. The molecule has 1 heterocycles. The lowest BCUT2D eigenvalue weighted by Gasteiger charge is -2.43. The van der Waals surface area contributed by atoms with Crippen LogP contribution < -0.4 is 15.1 Å². The molecule has 0 radical (unpaired) electrons. The second-order valence-corrected chi connectivity index (χ2v) is 8.68. The Morgan fingerprint density at radius 3 is 2.30 bits per heavy atom. The zero-order valence-corrected chi connectivity index (χ0v) is 19.2. The van der Waals surface area contributed by atoms with E-state index in [1.165, 1.54) is 11.3 Å². The van der Waals surface area contributed by atoms with Crippen molar-refractivity contribution in [3.63, 3.8) is 0 Å². The number of rotatable bonds is 5. The monoisotopic (exact) mass is 443 g/mol. The first-order valence-electron chi connectivity index (χ1n) is 11.2. The standard InChI is InChI=1S/C27H29N3O3/c1-18-7-9-21(10-8-18)26(31)28-24-16-22(27(32)33)11-12-25(24)29-13-14-30(20(3)17-29)23-6-4-5-19(2)15-23/h4-12,15-16,20H,13-14,17H2,1-3H3,(H,28,31)(H,32,33)/t20-/m0/s1. The molecule has 1 fully saturated rings. The highest BCUT2D eigenvalue weighted by Crippen LogP contribution is 2.31. The number of nitrogens with zero attached hydrogens (tertiary/aromatic N) is 2. The van der Waals surface area contributed by atoms with Crippen molar-refractivity contribution < 1.29 is 14.7 Å². The van der Waals surface area contributed by atoms with Crippen LogP contribution in [0.3, 0.4) is 0 Å². The van der Waals surface area contributed by atoms with Crippen LogP contribution in [-0.2, 0) is 0 Å². The Labute approximate surface area is 194 Å². The Kier molecular flexibility index (Phi) is 6.36. The van der Waals surface area contributed by atoms with Crippen molar-refractivity contribution in [2.45, 2.75) is 26.8 Å². The molecule has 0 bridgehead atoms. The Bertz CT molecular complexity index is 1170. The Balaban J connectivity index is 1.59. The van der Waals surface area contributed by atoms with Crippen LogP contribution in [0.5, 0.6) is 0 Å². The van der Waals surface area contributed by atoms with Gasteiger partial charge in [0.15, 0.2) is 0 Å². The Hall–Kier alpha value is -3.80. The van der Waals surface area contributed by atoms with Crippen molar-refractivity contribution in [2.75, 3.05) is 34.8 Å². The van der Waals surface area contributed by atoms with Crippen molar-refractivity contribution in [3.8, 4) is 0 Å². The van der Waals surface area contributed by atoms with Crippen molar-refractivity contribution in [3.05, 3.63) is 89.0 Å². The summed E-state index contributed by atoms with van der Waals surface area (Å²) in [5.41, 5.74) is 5.52. The minimum absolute atomic E-state index is 0.143. The molecule has 0 unspecified atom stereocenters. The molecule has 1 aliphatic heterocycles. The largest absolute Gasteiger partial charge is 0.478 e. The molecule has 4 rings (SSSR count). The number of hydrogen-bond acceptors (Lipinski definition) is 4. The highest BCUT2D eigenvalue weighted by Gasteiger charge is 2.26. The number of aryl methyl sites for hydroxylation is 2. The number of hydrogen-bond donors (Lipinski definition) is 2. The lowest BCUT2D eigenvalue weighted by molar-refractivity contribution is 0.0696. The van der Waals surface area contributed by atoms with Gasteiger partial charge in [0.1, 0.15) is 0 Å². The van der Waals surface area contributed by atoms with Crippen molar-refractivity contribution in [1.29, 1.82) is 0 Å². The van der Waals surface area contributed by atoms with E-state index in [1.807, 2.05) is 19.1 Å². The molecule has 2 N–H and O–H groups in total. The number of carboxylic acid groups (broad SMARTS) is 1. The van der Waals surface area contributed by atoms with Gasteiger partial charge in [0.2, 0.25) is 0 Å². The van der Waals surface area contributed by atoms with E-state index in [2.05, 4.69) is 53.2 Å². The summed E-state index contributed by atoms with van der Waals surface area (Å²) in [5.74, 6) is -1.28. The van der Waals surface area contributed by atoms with E-state index in [4.69, 9.17) is 0 Å². The third-order valence-electron chi connectivity index (χ3n) is 6.11. The maximum absolute atomic E-state index is 12.9. The molecule has 0 saturated carbocycles. The summed E-state index contributed by atoms with van der Waals surface area (Å²) in [6, 6.07) is 21.0. The van der Waals surface area contributed by atoms with Gasteiger partial charge in [-0.05, 0) is 68.8 Å². The summed E-state index contributed by atoms with van der Waals surface area (Å²) in [4.78, 5) is 29.1. The molecule has 1 saturated heterocycles. The van der Waals surface area contributed by atoms with Crippen LogP contribution >= 0.6 is 0 Å². The molecule has 170 valence electrons. The van der Waals surface area contributed by atoms with Crippen LogP contribution in [0.1, 0.15) is 38.8 Å². The van der Waals surface area contributed by atoms with Gasteiger partial charge in [-0.15, -0.1) is 0 Å². The van der Waals surface area contributed by atoms with Crippen LogP contribution in [0, 0.1) is 13.8 Å². The van der Waals surface area contributed by atoms with E-state index >= 15 is 0 Å². The van der Waals surface area contributed by atoms with E-state index in [9.17, 15) is 14.7 Å². The Morgan fingerprint density at radius 2 is 1.64 bits per heavy atom. The summed E-state index contributed by atoms with van der Waals surface area (Å²) in [6.45, 7) is 8.60. The van der Waals surface area contributed by atoms with E-state index < -0.39 is 5.97 Å². The summed E-state index contributed by atoms with van der Waals surface area (Å²) < 4.78 is 0. The summed E-state index contributed by atoms with van der Waals surface area (Å²) >= 11 is 0. The van der Waals surface area contributed by atoms with Crippen LogP contribution in [0.15, 0.2) is 66.7 Å². The number of nitrogens with one attached hydrogen (secondary N) is 1. The van der Waals surface area contributed by atoms with Gasteiger partial charge in [-0.3, -0.25) is 4.79 Å². The lowest BCUT2D eigenvalue weighted by Crippen LogP contribution is -2.52. The van der Waals surface area contributed by atoms with Gasteiger partial charge in [-0.2, -0.15) is 0 Å². The maximum Gasteiger partial charge on any atom is 0.335 e. The number of piperazine rings is 1. The first-order valence-corrected chi connectivity index (χ1v) is 11.2. The summed E-state index contributed by atoms with van der Waals surface area (Å²) in [7, 11) is 0. The fraction of sp³-hybridized carbons (Fsp3) is 0.259. The normalized spacial score (nSPS) is 15.9. The molecule has 33 heavy (non-hydrogen) atoms. The predicted octanol–water partition coefficient (Wildman–Crippen LogP) is 4.97. The first-order chi connectivity index (χ1) is 15.8. The number of anilines is 3. The quantitative estimate of drug-likeness (QED) is 0.583. The SMILES string of the molecule is Cc1ccc(C(=O)Nc2cc(C(=O)O)ccc2N2CCN(c3cccc(C)c3)[C@@H](C)C2)cc1. The molecule has 1 amide bonds. The number of carbonyl (C=O) groups excluding carboxylic acids is 1. The molecule has 6 heteroatoms. The highest BCUT2D eigenvalue weighted by molar-refractivity contribution is 6.06. The van der Waals surface area contributed by atoms with Gasteiger partial charge in [0, 0.05) is 36.9 Å². The molecule has 1 aliphatic rings. The first kappa shape index (κ1) is 22.4. The van der Waals surface area contributed by atoms with Crippen molar-refractivity contribution in [1.82, 2.24) is 0 Å². The molecule has 1 atom stereocenters. The smallest absolute Gasteiger partial charge is 0.335 e. The number of carbonyl (C=O) groups is 2. The van der Waals surface area contributed by atoms with Crippen molar-refractivity contribution in [2.24, 2.45) is 0 Å². The second-order valence-electron chi connectivity index (χ2n) is 8.68. The third-order valence-corrected chi connectivity index (χ3v) is 6.11. The molecule has 3 aromatic carbocycles. The highest BCUT2D eigenvalue weighted by atomic mass is 16.4. The minimum atomic E-state index is -1.02. The van der Waals surface area contributed by atoms with Crippen molar-refractivity contribution >= 4 is 28.9 Å². The van der Waals surface area contributed by atoms with Gasteiger partial charge in [-0.1, -0.05) is 29.8 Å².